The second kappa shape index (κ2) is 11.4. The van der Waals surface area contributed by atoms with Crippen molar-refractivity contribution in [2.75, 3.05) is 25.5 Å². The molecule has 248 valence electrons. The molecule has 0 radical (unpaired) electrons. The molecule has 11 nitrogen and oxygen atoms in total. The number of hydrogen-bond acceptors (Lipinski definition) is 8. The highest BCUT2D eigenvalue weighted by Gasteiger charge is 2.77. The molecule has 6 rings (SSSR count). The first-order valence-electron chi connectivity index (χ1n) is 14.6. The maximum Gasteiger partial charge on any atom is 0.410 e. The molecule has 0 bridgehead atoms. The number of β-amino-alcohol motifs (C(OH)–C–C–N with tert-alkyl or cyclic N) is 1. The lowest BCUT2D eigenvalue weighted by atomic mass is 9.36. The Bertz CT molecular complexity index is 1720. The molecule has 2 aromatic rings. The lowest BCUT2D eigenvalue weighted by Gasteiger charge is -2.71. The average molecular weight is 686 g/mol. The van der Waals surface area contributed by atoms with Gasteiger partial charge in [0, 0.05) is 36.3 Å². The number of anilines is 1. The van der Waals surface area contributed by atoms with Crippen LogP contribution in [0, 0.1) is 34.7 Å². The summed E-state index contributed by atoms with van der Waals surface area (Å²) in [6, 6.07) is 3.70. The van der Waals surface area contributed by atoms with Gasteiger partial charge in [0.25, 0.3) is 5.91 Å². The van der Waals surface area contributed by atoms with E-state index in [4.69, 9.17) is 16.3 Å². The van der Waals surface area contributed by atoms with Crippen LogP contribution in [-0.2, 0) is 19.4 Å². The van der Waals surface area contributed by atoms with Crippen LogP contribution in [0.25, 0.3) is 0 Å². The average Bonchev–Trinajstić information content (AvgIpc) is 3.60. The van der Waals surface area contributed by atoms with Crippen molar-refractivity contribution in [1.29, 1.82) is 0 Å². The maximum atomic E-state index is 13.9. The van der Waals surface area contributed by atoms with Gasteiger partial charge in [-0.05, 0) is 61.1 Å². The summed E-state index contributed by atoms with van der Waals surface area (Å²) in [6.07, 6.45) is -0.0310. The molecular formula is C30H31ClF3N3O8S. The number of aliphatic hydroxyl groups is 2. The summed E-state index contributed by atoms with van der Waals surface area (Å²) >= 11 is 6.30. The molecule has 4 N–H and O–H groups in total. The maximum absolute atomic E-state index is 13.9. The van der Waals surface area contributed by atoms with Crippen molar-refractivity contribution in [2.45, 2.75) is 60.0 Å². The SMILES string of the molecule is COC(=O)N1C[C@H](O)C[C@H]1C(=O)NC[C@@]1(O)C2C[C@@H](S(=O)(=O)c3cc(C(=O)Nc4cc(F)c(F)c(F)c4)ccc3Cl)C[C@@]23CC[C@@H]31. The monoisotopic (exact) mass is 685 g/mol. The van der Waals surface area contributed by atoms with Crippen molar-refractivity contribution in [3.8, 4) is 0 Å². The molecule has 4 fully saturated rings. The summed E-state index contributed by atoms with van der Waals surface area (Å²) in [7, 11) is -2.99. The molecule has 7 atom stereocenters. The number of carbonyl (C=O) groups is 3. The highest BCUT2D eigenvalue weighted by Crippen LogP contribution is 2.76. The molecule has 46 heavy (non-hydrogen) atoms. The Morgan fingerprint density at radius 3 is 2.43 bits per heavy atom. The summed E-state index contributed by atoms with van der Waals surface area (Å²) in [5.41, 5.74) is -2.39. The highest BCUT2D eigenvalue weighted by molar-refractivity contribution is 7.92. The predicted molar refractivity (Wildman–Crippen MR) is 156 cm³/mol. The molecule has 16 heteroatoms. The van der Waals surface area contributed by atoms with Gasteiger partial charge >= 0.3 is 6.09 Å². The van der Waals surface area contributed by atoms with E-state index in [9.17, 15) is 46.2 Å². The summed E-state index contributed by atoms with van der Waals surface area (Å²) in [6.45, 7) is -0.240. The molecule has 1 spiro atoms. The number of likely N-dealkylation sites (tertiary alicyclic amines) is 1. The Kier molecular flexibility index (Phi) is 8.05. The van der Waals surface area contributed by atoms with E-state index in [0.717, 1.165) is 18.1 Å². The van der Waals surface area contributed by atoms with Gasteiger partial charge in [0.1, 0.15) is 6.04 Å². The number of nitrogens with one attached hydrogen (secondary N) is 2. The number of amides is 3. The molecule has 1 unspecified atom stereocenters. The van der Waals surface area contributed by atoms with E-state index in [1.165, 1.54) is 12.1 Å². The van der Waals surface area contributed by atoms with E-state index in [0.29, 0.717) is 25.0 Å². The molecule has 3 aliphatic carbocycles. The largest absolute Gasteiger partial charge is 0.453 e. The second-order valence-electron chi connectivity index (χ2n) is 12.6. The topological polar surface area (TPSA) is 162 Å². The van der Waals surface area contributed by atoms with Crippen LogP contribution in [0.2, 0.25) is 5.02 Å². The van der Waals surface area contributed by atoms with Crippen molar-refractivity contribution in [2.24, 2.45) is 17.3 Å². The van der Waals surface area contributed by atoms with Gasteiger partial charge in [-0.25, -0.2) is 26.4 Å². The Morgan fingerprint density at radius 1 is 1.11 bits per heavy atom. The number of ether oxygens (including phenoxy) is 1. The van der Waals surface area contributed by atoms with Crippen molar-refractivity contribution in [3.05, 3.63) is 58.4 Å². The van der Waals surface area contributed by atoms with Gasteiger partial charge in [-0.1, -0.05) is 11.6 Å². The Labute approximate surface area is 267 Å². The van der Waals surface area contributed by atoms with E-state index in [-0.39, 0.29) is 59.4 Å². The first-order chi connectivity index (χ1) is 21.6. The van der Waals surface area contributed by atoms with Crippen LogP contribution in [0.15, 0.2) is 35.2 Å². The molecule has 4 aliphatic rings. The van der Waals surface area contributed by atoms with Crippen LogP contribution < -0.4 is 10.6 Å². The molecule has 2 aromatic carbocycles. The van der Waals surface area contributed by atoms with E-state index in [1.807, 2.05) is 0 Å². The summed E-state index contributed by atoms with van der Waals surface area (Å²) in [4.78, 5) is 38.7. The number of methoxy groups -OCH3 is 1. The van der Waals surface area contributed by atoms with Gasteiger partial charge in [0.2, 0.25) is 5.91 Å². The quantitative estimate of drug-likeness (QED) is 0.324. The molecule has 1 heterocycles. The number of nitrogens with zero attached hydrogens (tertiary/aromatic N) is 1. The molecule has 1 aliphatic heterocycles. The summed E-state index contributed by atoms with van der Waals surface area (Å²) in [5, 5.41) is 25.6. The lowest BCUT2D eigenvalue weighted by molar-refractivity contribution is -0.288. The normalized spacial score (nSPS) is 31.3. The lowest BCUT2D eigenvalue weighted by Crippen LogP contribution is -2.75. The van der Waals surface area contributed by atoms with Crippen molar-refractivity contribution in [3.63, 3.8) is 0 Å². The third-order valence-electron chi connectivity index (χ3n) is 10.3. The van der Waals surface area contributed by atoms with Crippen LogP contribution in [0.3, 0.4) is 0 Å². The van der Waals surface area contributed by atoms with Gasteiger partial charge < -0.3 is 25.6 Å². The molecule has 3 amide bonds. The second-order valence-corrected chi connectivity index (χ2v) is 15.2. The number of carbonyl (C=O) groups excluding carboxylic acids is 3. The van der Waals surface area contributed by atoms with Crippen molar-refractivity contribution in [1.82, 2.24) is 10.2 Å². The van der Waals surface area contributed by atoms with Gasteiger partial charge in [0.05, 0.1) is 40.5 Å². The minimum Gasteiger partial charge on any atom is -0.453 e. The zero-order valence-electron chi connectivity index (χ0n) is 24.4. The van der Waals surface area contributed by atoms with E-state index >= 15 is 0 Å². The zero-order valence-corrected chi connectivity index (χ0v) is 26.0. The van der Waals surface area contributed by atoms with E-state index in [2.05, 4.69) is 10.6 Å². The Hall–Kier alpha value is -3.40. The first kappa shape index (κ1) is 32.5. The number of benzene rings is 2. The third-order valence-corrected chi connectivity index (χ3v) is 12.9. The zero-order chi connectivity index (χ0) is 33.3. The smallest absolute Gasteiger partial charge is 0.410 e. The first-order valence-corrected chi connectivity index (χ1v) is 16.6. The van der Waals surface area contributed by atoms with Crippen molar-refractivity contribution < 1.29 is 50.9 Å². The molecule has 1 saturated heterocycles. The predicted octanol–water partition coefficient (Wildman–Crippen LogP) is 3.02. The fourth-order valence-corrected chi connectivity index (χ4v) is 10.6. The van der Waals surface area contributed by atoms with E-state index in [1.54, 1.807) is 0 Å². The summed E-state index contributed by atoms with van der Waals surface area (Å²) in [5.74, 6) is -6.93. The van der Waals surface area contributed by atoms with Crippen LogP contribution in [0.1, 0.15) is 42.5 Å². The number of aliphatic hydroxyl groups excluding tert-OH is 1. The fourth-order valence-electron chi connectivity index (χ4n) is 8.15. The third kappa shape index (κ3) is 5.02. The Morgan fingerprint density at radius 2 is 1.80 bits per heavy atom. The number of halogens is 4. The van der Waals surface area contributed by atoms with Gasteiger partial charge in [-0.2, -0.15) is 0 Å². The fraction of sp³-hybridized carbons (Fsp3) is 0.500. The van der Waals surface area contributed by atoms with Gasteiger partial charge in [-0.3, -0.25) is 14.5 Å². The minimum atomic E-state index is -4.16. The van der Waals surface area contributed by atoms with Crippen molar-refractivity contribution >= 4 is 45.0 Å². The molecular weight excluding hydrogens is 655 g/mol. The van der Waals surface area contributed by atoms with Gasteiger partial charge in [0.15, 0.2) is 27.3 Å². The van der Waals surface area contributed by atoms with Crippen LogP contribution in [-0.4, -0.2) is 84.6 Å². The Balaban J connectivity index is 1.17. The van der Waals surface area contributed by atoms with E-state index < -0.39 is 79.5 Å². The van der Waals surface area contributed by atoms with Gasteiger partial charge in [-0.15, -0.1) is 0 Å². The molecule has 3 saturated carbocycles. The minimum absolute atomic E-state index is 0.00595. The highest BCUT2D eigenvalue weighted by atomic mass is 35.5. The number of rotatable bonds is 7. The number of hydrogen-bond donors (Lipinski definition) is 4. The standard InChI is InChI=1S/C30H31ClF3N3O8S/c1-45-28(41)37-12-16(38)9-21(37)27(40)35-13-30(42)23-4-5-29(23)11-17(10-24(29)30)46(43,44)22-6-14(2-3-18(22)31)26(39)36-15-7-19(32)25(34)20(33)8-15/h2-3,6-8,16-17,21,23-24,38,42H,4-5,9-13H2,1H3,(H,35,40)(H,36,39)/t16-,17-,21+,23+,24?,29-,30+/m1/s1. The summed E-state index contributed by atoms with van der Waals surface area (Å²) < 4.78 is 73.1. The molecule has 0 aromatic heterocycles. The number of sulfone groups is 1. The van der Waals surface area contributed by atoms with Crippen LogP contribution in [0.4, 0.5) is 23.7 Å². The van der Waals surface area contributed by atoms with Crippen LogP contribution >= 0.6 is 11.6 Å². The van der Waals surface area contributed by atoms with Crippen LogP contribution in [0.5, 0.6) is 0 Å².